The predicted molar refractivity (Wildman–Crippen MR) is 84.2 cm³/mol. The Morgan fingerprint density at radius 1 is 1.30 bits per heavy atom. The lowest BCUT2D eigenvalue weighted by molar-refractivity contribution is 0.00364. The second kappa shape index (κ2) is 6.56. The summed E-state index contributed by atoms with van der Waals surface area (Å²) in [4.78, 5) is 6.70. The first kappa shape index (κ1) is 14.5. The Labute approximate surface area is 126 Å². The van der Waals surface area contributed by atoms with Gasteiger partial charge < -0.3 is 9.64 Å². The van der Waals surface area contributed by atoms with Crippen LogP contribution in [0.15, 0.2) is 17.5 Å². The van der Waals surface area contributed by atoms with Gasteiger partial charge in [0.2, 0.25) is 0 Å². The topological polar surface area (TPSA) is 15.7 Å². The Kier molecular flexibility index (Phi) is 4.76. The Morgan fingerprint density at radius 3 is 3.00 bits per heavy atom. The molecule has 1 aromatic rings. The number of likely N-dealkylation sites (tertiary alicyclic amines) is 1. The average Bonchev–Trinajstić information content (AvgIpc) is 2.88. The fraction of sp³-hybridized carbons (Fsp3) is 0.750. The number of piperidine rings is 1. The van der Waals surface area contributed by atoms with Crippen LogP contribution >= 0.6 is 11.3 Å². The van der Waals surface area contributed by atoms with Gasteiger partial charge in [0, 0.05) is 36.5 Å². The first-order chi connectivity index (χ1) is 9.80. The standard InChI is InChI=1S/C16H26N2OS/c1-2-17-8-9-19-14-16(12-17)6-4-7-18(13-16)11-15-5-3-10-20-15/h3,5,10H,2,4,6-9,11-14H2,1H3. The van der Waals surface area contributed by atoms with E-state index in [4.69, 9.17) is 4.74 Å². The van der Waals surface area contributed by atoms with Gasteiger partial charge in [-0.3, -0.25) is 4.90 Å². The van der Waals surface area contributed by atoms with Crippen LogP contribution in [-0.2, 0) is 11.3 Å². The van der Waals surface area contributed by atoms with Gasteiger partial charge in [-0.05, 0) is 37.4 Å². The third kappa shape index (κ3) is 3.42. The molecule has 0 N–H and O–H groups in total. The summed E-state index contributed by atoms with van der Waals surface area (Å²) >= 11 is 1.88. The molecule has 1 unspecified atom stereocenters. The summed E-state index contributed by atoms with van der Waals surface area (Å²) in [6, 6.07) is 4.42. The molecule has 2 aliphatic heterocycles. The Balaban J connectivity index is 1.66. The van der Waals surface area contributed by atoms with Crippen molar-refractivity contribution in [3.05, 3.63) is 22.4 Å². The first-order valence-corrected chi connectivity index (χ1v) is 8.72. The number of nitrogens with zero attached hydrogens (tertiary/aromatic N) is 2. The lowest BCUT2D eigenvalue weighted by Gasteiger charge is -2.43. The van der Waals surface area contributed by atoms with E-state index in [1.807, 2.05) is 11.3 Å². The van der Waals surface area contributed by atoms with Crippen LogP contribution in [0.25, 0.3) is 0 Å². The van der Waals surface area contributed by atoms with Crippen LogP contribution in [0.3, 0.4) is 0 Å². The molecule has 1 spiro atoms. The van der Waals surface area contributed by atoms with Gasteiger partial charge in [0.25, 0.3) is 0 Å². The van der Waals surface area contributed by atoms with Crippen LogP contribution < -0.4 is 0 Å². The molecular formula is C16H26N2OS. The SMILES string of the molecule is CCN1CCOCC2(CCCN(Cc3cccs3)C2)C1. The van der Waals surface area contributed by atoms with E-state index < -0.39 is 0 Å². The molecule has 4 heteroatoms. The van der Waals surface area contributed by atoms with Crippen molar-refractivity contribution in [2.75, 3.05) is 45.9 Å². The molecule has 20 heavy (non-hydrogen) atoms. The highest BCUT2D eigenvalue weighted by Crippen LogP contribution is 2.33. The highest BCUT2D eigenvalue weighted by atomic mass is 32.1. The summed E-state index contributed by atoms with van der Waals surface area (Å²) in [5, 5.41) is 2.18. The first-order valence-electron chi connectivity index (χ1n) is 7.84. The smallest absolute Gasteiger partial charge is 0.0593 e. The number of thiophene rings is 1. The zero-order valence-corrected chi connectivity index (χ0v) is 13.3. The Bertz CT molecular complexity index is 409. The van der Waals surface area contributed by atoms with Crippen molar-refractivity contribution in [1.82, 2.24) is 9.80 Å². The summed E-state index contributed by atoms with van der Waals surface area (Å²) in [6.07, 6.45) is 2.64. The van der Waals surface area contributed by atoms with Crippen molar-refractivity contribution in [3.63, 3.8) is 0 Å². The monoisotopic (exact) mass is 294 g/mol. The minimum absolute atomic E-state index is 0.363. The van der Waals surface area contributed by atoms with E-state index in [2.05, 4.69) is 34.2 Å². The zero-order chi connectivity index (χ0) is 13.8. The summed E-state index contributed by atoms with van der Waals surface area (Å²) in [5.74, 6) is 0. The van der Waals surface area contributed by atoms with Crippen LogP contribution in [-0.4, -0.2) is 55.7 Å². The minimum Gasteiger partial charge on any atom is -0.379 e. The maximum atomic E-state index is 5.94. The van der Waals surface area contributed by atoms with Gasteiger partial charge in [-0.2, -0.15) is 0 Å². The molecule has 0 bridgehead atoms. The quantitative estimate of drug-likeness (QED) is 0.852. The van der Waals surface area contributed by atoms with Crippen LogP contribution in [0.2, 0.25) is 0 Å². The van der Waals surface area contributed by atoms with Gasteiger partial charge in [-0.25, -0.2) is 0 Å². The summed E-state index contributed by atoms with van der Waals surface area (Å²) < 4.78 is 5.94. The largest absolute Gasteiger partial charge is 0.379 e. The average molecular weight is 294 g/mol. The van der Waals surface area contributed by atoms with Crippen molar-refractivity contribution in [2.24, 2.45) is 5.41 Å². The van der Waals surface area contributed by atoms with E-state index in [1.54, 1.807) is 0 Å². The molecule has 1 atom stereocenters. The summed E-state index contributed by atoms with van der Waals surface area (Å²) in [6.45, 7) is 11.1. The molecule has 3 nitrogen and oxygen atoms in total. The van der Waals surface area contributed by atoms with Crippen LogP contribution in [0.5, 0.6) is 0 Å². The van der Waals surface area contributed by atoms with Crippen molar-refractivity contribution >= 4 is 11.3 Å². The number of hydrogen-bond acceptors (Lipinski definition) is 4. The fourth-order valence-corrected chi connectivity index (χ4v) is 4.41. The molecule has 0 saturated carbocycles. The van der Waals surface area contributed by atoms with E-state index in [9.17, 15) is 0 Å². The Morgan fingerprint density at radius 2 is 2.20 bits per heavy atom. The second-order valence-electron chi connectivity index (χ2n) is 6.31. The van der Waals surface area contributed by atoms with Crippen molar-refractivity contribution < 1.29 is 4.74 Å². The van der Waals surface area contributed by atoms with E-state index in [-0.39, 0.29) is 0 Å². The molecule has 0 radical (unpaired) electrons. The molecule has 3 heterocycles. The van der Waals surface area contributed by atoms with E-state index in [1.165, 1.54) is 37.4 Å². The predicted octanol–water partition coefficient (Wildman–Crippen LogP) is 2.68. The fourth-order valence-electron chi connectivity index (χ4n) is 3.67. The molecular weight excluding hydrogens is 268 g/mol. The number of ether oxygens (including phenoxy) is 1. The van der Waals surface area contributed by atoms with Crippen LogP contribution in [0, 0.1) is 5.41 Å². The molecule has 2 aliphatic rings. The number of likely N-dealkylation sites (N-methyl/N-ethyl adjacent to an activating group) is 1. The van der Waals surface area contributed by atoms with Gasteiger partial charge in [0.05, 0.1) is 13.2 Å². The number of rotatable bonds is 3. The van der Waals surface area contributed by atoms with E-state index in [0.29, 0.717) is 5.41 Å². The highest BCUT2D eigenvalue weighted by molar-refractivity contribution is 7.09. The second-order valence-corrected chi connectivity index (χ2v) is 7.35. The van der Waals surface area contributed by atoms with Gasteiger partial charge in [-0.15, -0.1) is 11.3 Å². The van der Waals surface area contributed by atoms with Crippen molar-refractivity contribution in [1.29, 1.82) is 0 Å². The minimum atomic E-state index is 0.363. The zero-order valence-electron chi connectivity index (χ0n) is 12.5. The van der Waals surface area contributed by atoms with Gasteiger partial charge in [0.1, 0.15) is 0 Å². The summed E-state index contributed by atoms with van der Waals surface area (Å²) in [5.41, 5.74) is 0.363. The van der Waals surface area contributed by atoms with E-state index in [0.717, 1.165) is 32.8 Å². The molecule has 3 rings (SSSR count). The third-order valence-electron chi connectivity index (χ3n) is 4.67. The normalized spacial score (nSPS) is 29.6. The highest BCUT2D eigenvalue weighted by Gasteiger charge is 2.38. The molecule has 2 fully saturated rings. The third-order valence-corrected chi connectivity index (χ3v) is 5.53. The molecule has 1 aromatic heterocycles. The maximum absolute atomic E-state index is 5.94. The summed E-state index contributed by atoms with van der Waals surface area (Å²) in [7, 11) is 0. The van der Waals surface area contributed by atoms with Crippen molar-refractivity contribution in [3.8, 4) is 0 Å². The molecule has 2 saturated heterocycles. The van der Waals surface area contributed by atoms with Gasteiger partial charge in [-0.1, -0.05) is 13.0 Å². The lowest BCUT2D eigenvalue weighted by atomic mass is 9.80. The molecule has 0 aliphatic carbocycles. The molecule has 0 amide bonds. The van der Waals surface area contributed by atoms with Crippen LogP contribution in [0.1, 0.15) is 24.6 Å². The molecule has 112 valence electrons. The molecule has 0 aromatic carbocycles. The maximum Gasteiger partial charge on any atom is 0.0593 e. The van der Waals surface area contributed by atoms with Crippen LogP contribution in [0.4, 0.5) is 0 Å². The van der Waals surface area contributed by atoms with E-state index >= 15 is 0 Å². The lowest BCUT2D eigenvalue weighted by Crippen LogP contribution is -2.50. The van der Waals surface area contributed by atoms with Gasteiger partial charge in [0.15, 0.2) is 0 Å². The number of hydrogen-bond donors (Lipinski definition) is 0. The Hall–Kier alpha value is -0.420. The van der Waals surface area contributed by atoms with Crippen molar-refractivity contribution in [2.45, 2.75) is 26.3 Å². The van der Waals surface area contributed by atoms with Gasteiger partial charge >= 0.3 is 0 Å².